The van der Waals surface area contributed by atoms with Crippen LogP contribution in [0.25, 0.3) is 10.8 Å². The average molecular weight is 234 g/mol. The van der Waals surface area contributed by atoms with Crippen LogP contribution in [-0.4, -0.2) is 10.5 Å². The SMILES string of the molecule is CCn1c(C(N)=O)cc2cc(F)ccc2c1=O. The first-order chi connectivity index (χ1) is 8.04. The number of nitrogens with two attached hydrogens (primary N) is 1. The molecule has 2 aromatic rings. The number of hydrogen-bond donors (Lipinski definition) is 1. The van der Waals surface area contributed by atoms with Gasteiger partial charge < -0.3 is 10.3 Å². The number of aromatic nitrogens is 1. The fourth-order valence-corrected chi connectivity index (χ4v) is 1.85. The number of carbonyl (C=O) groups excluding carboxylic acids is 1. The smallest absolute Gasteiger partial charge is 0.265 e. The van der Waals surface area contributed by atoms with Crippen LogP contribution in [0, 0.1) is 5.82 Å². The van der Waals surface area contributed by atoms with Crippen LogP contribution in [-0.2, 0) is 6.54 Å². The van der Waals surface area contributed by atoms with Crippen LogP contribution in [0.3, 0.4) is 0 Å². The molecule has 0 aliphatic heterocycles. The van der Waals surface area contributed by atoms with Gasteiger partial charge in [-0.25, -0.2) is 4.39 Å². The van der Waals surface area contributed by atoms with Crippen molar-refractivity contribution in [2.75, 3.05) is 0 Å². The lowest BCUT2D eigenvalue weighted by molar-refractivity contribution is 0.0990. The topological polar surface area (TPSA) is 65.1 Å². The molecule has 0 saturated heterocycles. The van der Waals surface area contributed by atoms with Gasteiger partial charge in [0.15, 0.2) is 0 Å². The second-order valence-electron chi connectivity index (χ2n) is 3.67. The lowest BCUT2D eigenvalue weighted by Gasteiger charge is -2.09. The number of fused-ring (bicyclic) bond motifs is 1. The van der Waals surface area contributed by atoms with E-state index in [1.807, 2.05) is 0 Å². The lowest BCUT2D eigenvalue weighted by atomic mass is 10.1. The zero-order valence-electron chi connectivity index (χ0n) is 9.24. The summed E-state index contributed by atoms with van der Waals surface area (Å²) in [4.78, 5) is 23.3. The largest absolute Gasteiger partial charge is 0.364 e. The number of amides is 1. The Bertz CT molecular complexity index is 661. The molecule has 2 N–H and O–H groups in total. The maximum Gasteiger partial charge on any atom is 0.265 e. The highest BCUT2D eigenvalue weighted by molar-refractivity contribution is 5.95. The fraction of sp³-hybridized carbons (Fsp3) is 0.167. The quantitative estimate of drug-likeness (QED) is 0.850. The van der Waals surface area contributed by atoms with Crippen molar-refractivity contribution in [2.45, 2.75) is 13.5 Å². The van der Waals surface area contributed by atoms with Gasteiger partial charge in [0.2, 0.25) is 0 Å². The van der Waals surface area contributed by atoms with Crippen molar-refractivity contribution in [1.82, 2.24) is 4.57 Å². The second kappa shape index (κ2) is 4.01. The summed E-state index contributed by atoms with van der Waals surface area (Å²) >= 11 is 0. The minimum Gasteiger partial charge on any atom is -0.364 e. The number of hydrogen-bond acceptors (Lipinski definition) is 2. The Morgan fingerprint density at radius 1 is 1.41 bits per heavy atom. The third kappa shape index (κ3) is 1.80. The third-order valence-electron chi connectivity index (χ3n) is 2.64. The monoisotopic (exact) mass is 234 g/mol. The Morgan fingerprint density at radius 2 is 2.12 bits per heavy atom. The molecule has 4 nitrogen and oxygen atoms in total. The van der Waals surface area contributed by atoms with Crippen molar-refractivity contribution in [3.63, 3.8) is 0 Å². The molecule has 1 amide bonds. The second-order valence-corrected chi connectivity index (χ2v) is 3.67. The molecule has 0 aliphatic carbocycles. The van der Waals surface area contributed by atoms with Gasteiger partial charge in [0.25, 0.3) is 11.5 Å². The first-order valence-electron chi connectivity index (χ1n) is 5.17. The van der Waals surface area contributed by atoms with Crippen LogP contribution in [0.1, 0.15) is 17.4 Å². The summed E-state index contributed by atoms with van der Waals surface area (Å²) in [5.41, 5.74) is 4.95. The van der Waals surface area contributed by atoms with Crippen LogP contribution in [0.5, 0.6) is 0 Å². The van der Waals surface area contributed by atoms with Gasteiger partial charge in [0.05, 0.1) is 0 Å². The summed E-state index contributed by atoms with van der Waals surface area (Å²) < 4.78 is 14.3. The van der Waals surface area contributed by atoms with E-state index in [-0.39, 0.29) is 11.3 Å². The predicted molar refractivity (Wildman–Crippen MR) is 62.4 cm³/mol. The van der Waals surface area contributed by atoms with E-state index >= 15 is 0 Å². The van der Waals surface area contributed by atoms with E-state index in [4.69, 9.17) is 5.73 Å². The standard InChI is InChI=1S/C12H11FN2O2/c1-2-15-10(11(14)16)6-7-5-8(13)3-4-9(7)12(15)17/h3-6H,2H2,1H3,(H2,14,16). The third-order valence-corrected chi connectivity index (χ3v) is 2.64. The van der Waals surface area contributed by atoms with Gasteiger partial charge >= 0.3 is 0 Å². The van der Waals surface area contributed by atoms with E-state index in [1.165, 1.54) is 28.8 Å². The predicted octanol–water partition coefficient (Wildman–Crippen LogP) is 1.26. The average Bonchev–Trinajstić information content (AvgIpc) is 2.28. The Kier molecular flexibility index (Phi) is 2.67. The summed E-state index contributed by atoms with van der Waals surface area (Å²) in [6.07, 6.45) is 0. The highest BCUT2D eigenvalue weighted by Crippen LogP contribution is 2.14. The van der Waals surface area contributed by atoms with Crippen molar-refractivity contribution in [3.05, 3.63) is 46.1 Å². The van der Waals surface area contributed by atoms with Gasteiger partial charge in [-0.2, -0.15) is 0 Å². The number of nitrogens with zero attached hydrogens (tertiary/aromatic N) is 1. The van der Waals surface area contributed by atoms with Crippen molar-refractivity contribution < 1.29 is 9.18 Å². The van der Waals surface area contributed by atoms with Crippen LogP contribution in [0.4, 0.5) is 4.39 Å². The number of primary amides is 1. The molecule has 0 aliphatic rings. The van der Waals surface area contributed by atoms with Crippen molar-refractivity contribution >= 4 is 16.7 Å². The Balaban J connectivity index is 2.93. The molecule has 88 valence electrons. The van der Waals surface area contributed by atoms with Gasteiger partial charge in [-0.15, -0.1) is 0 Å². The molecule has 5 heteroatoms. The molecule has 0 radical (unpaired) electrons. The van der Waals surface area contributed by atoms with Crippen LogP contribution < -0.4 is 11.3 Å². The van der Waals surface area contributed by atoms with Gasteiger partial charge in [-0.3, -0.25) is 9.59 Å². The molecule has 0 atom stereocenters. The van der Waals surface area contributed by atoms with Crippen molar-refractivity contribution in [2.24, 2.45) is 5.73 Å². The van der Waals surface area contributed by atoms with Crippen LogP contribution >= 0.6 is 0 Å². The van der Waals surface area contributed by atoms with Crippen LogP contribution in [0.2, 0.25) is 0 Å². The number of rotatable bonds is 2. The van der Waals surface area contributed by atoms with Crippen molar-refractivity contribution in [3.8, 4) is 0 Å². The Morgan fingerprint density at radius 3 is 2.71 bits per heavy atom. The first kappa shape index (κ1) is 11.3. The summed E-state index contributed by atoms with van der Waals surface area (Å²) in [5.74, 6) is -1.16. The molecule has 0 unspecified atom stereocenters. The van der Waals surface area contributed by atoms with E-state index in [0.717, 1.165) is 0 Å². The molecule has 1 aromatic heterocycles. The number of benzene rings is 1. The molecule has 1 heterocycles. The minimum absolute atomic E-state index is 0.0931. The maximum atomic E-state index is 13.1. The summed E-state index contributed by atoms with van der Waals surface area (Å²) in [6.45, 7) is 2.08. The lowest BCUT2D eigenvalue weighted by Crippen LogP contribution is -2.28. The molecule has 17 heavy (non-hydrogen) atoms. The maximum absolute atomic E-state index is 13.1. The number of halogens is 1. The molecule has 2 rings (SSSR count). The van der Waals surface area contributed by atoms with Crippen molar-refractivity contribution in [1.29, 1.82) is 0 Å². The van der Waals surface area contributed by atoms with E-state index in [0.29, 0.717) is 17.3 Å². The summed E-state index contributed by atoms with van der Waals surface area (Å²) in [7, 11) is 0. The molecule has 0 bridgehead atoms. The molecular weight excluding hydrogens is 223 g/mol. The summed E-state index contributed by atoms with van der Waals surface area (Å²) in [5, 5.41) is 0.756. The molecule has 1 aromatic carbocycles. The normalized spacial score (nSPS) is 10.7. The Labute approximate surface area is 96.5 Å². The number of pyridine rings is 1. The van der Waals surface area contributed by atoms with Gasteiger partial charge in [-0.1, -0.05) is 0 Å². The first-order valence-corrected chi connectivity index (χ1v) is 5.17. The number of carbonyl (C=O) groups is 1. The zero-order valence-corrected chi connectivity index (χ0v) is 9.24. The molecule has 0 fully saturated rings. The molecule has 0 saturated carbocycles. The zero-order chi connectivity index (χ0) is 12.6. The minimum atomic E-state index is -0.699. The van der Waals surface area contributed by atoms with E-state index in [9.17, 15) is 14.0 Å². The van der Waals surface area contributed by atoms with E-state index in [2.05, 4.69) is 0 Å². The highest BCUT2D eigenvalue weighted by atomic mass is 19.1. The van der Waals surface area contributed by atoms with E-state index in [1.54, 1.807) is 6.92 Å². The van der Waals surface area contributed by atoms with Gasteiger partial charge in [-0.05, 0) is 36.6 Å². The van der Waals surface area contributed by atoms with Gasteiger partial charge in [0, 0.05) is 11.9 Å². The molecular formula is C12H11FN2O2. The van der Waals surface area contributed by atoms with Crippen LogP contribution in [0.15, 0.2) is 29.1 Å². The molecule has 0 spiro atoms. The summed E-state index contributed by atoms with van der Waals surface area (Å²) in [6, 6.07) is 5.27. The highest BCUT2D eigenvalue weighted by Gasteiger charge is 2.12. The van der Waals surface area contributed by atoms with Gasteiger partial charge in [0.1, 0.15) is 11.5 Å². The Hall–Kier alpha value is -2.17. The fourth-order valence-electron chi connectivity index (χ4n) is 1.85. The van der Waals surface area contributed by atoms with E-state index < -0.39 is 11.7 Å².